The number of hydrogen-bond donors (Lipinski definition) is 2. The van der Waals surface area contributed by atoms with Crippen LogP contribution >= 0.6 is 0 Å². The van der Waals surface area contributed by atoms with Crippen LogP contribution in [-0.2, 0) is 21.2 Å². The molecule has 0 spiro atoms. The van der Waals surface area contributed by atoms with Gasteiger partial charge in [0, 0.05) is 31.1 Å². The van der Waals surface area contributed by atoms with E-state index in [1.54, 1.807) is 25.1 Å². The van der Waals surface area contributed by atoms with Crippen LogP contribution in [0.4, 0.5) is 20.3 Å². The molecule has 1 fully saturated rings. The first-order valence-electron chi connectivity index (χ1n) is 14.1. The molecule has 45 heavy (non-hydrogen) atoms. The van der Waals surface area contributed by atoms with Gasteiger partial charge in [0.15, 0.2) is 17.3 Å². The van der Waals surface area contributed by atoms with Crippen LogP contribution in [0.1, 0.15) is 39.9 Å². The van der Waals surface area contributed by atoms with E-state index in [1.807, 2.05) is 0 Å². The number of pyridine rings is 1. The number of Topliss-reactive ketones (excluding diaryl/α,β-unsaturated/α-hetero) is 1. The molecular weight excluding hydrogens is 606 g/mol. The van der Waals surface area contributed by atoms with E-state index >= 15 is 0 Å². The number of sulfonamides is 1. The molecule has 11 nitrogen and oxygen atoms in total. The van der Waals surface area contributed by atoms with Crippen LogP contribution < -0.4 is 15.2 Å². The van der Waals surface area contributed by atoms with E-state index in [9.17, 15) is 26.8 Å². The Morgan fingerprint density at radius 2 is 1.82 bits per heavy atom. The summed E-state index contributed by atoms with van der Waals surface area (Å²) in [5.74, 6) is -2.90. The van der Waals surface area contributed by atoms with Crippen LogP contribution in [-0.4, -0.2) is 58.6 Å². The average molecular weight is 635 g/mol. The lowest BCUT2D eigenvalue weighted by Gasteiger charge is -2.16. The number of hydrogen-bond acceptors (Lipinski definition) is 8. The fraction of sp³-hybridized carbons (Fsp3) is 0.226. The molecule has 3 N–H and O–H groups in total. The summed E-state index contributed by atoms with van der Waals surface area (Å²) in [5.41, 5.74) is 8.52. The standard InChI is InChI=1S/C31H28F2N6O5S/c1-18-10-28(44-27-7-3-2-6-23(27)32)35-16-26(18)39-31(34)22(15-36-39)30(41)21-11-19-13-24(33)25(14-20(19)12-21)37-45(42,43)17-29(40)38-8-4-5-9-38/h2-3,6-7,10-11,13-16,37H,4-5,8-9,12,17,34H2,1H3. The Kier molecular flexibility index (Phi) is 7.83. The molecule has 0 bridgehead atoms. The Morgan fingerprint density at radius 1 is 1.07 bits per heavy atom. The molecular formula is C31H28F2N6O5S. The third-order valence-electron chi connectivity index (χ3n) is 7.66. The summed E-state index contributed by atoms with van der Waals surface area (Å²) in [4.78, 5) is 31.5. The molecule has 1 aliphatic heterocycles. The summed E-state index contributed by atoms with van der Waals surface area (Å²) in [6.45, 7) is 2.76. The lowest BCUT2D eigenvalue weighted by molar-refractivity contribution is -0.127. The number of para-hydroxylation sites is 1. The lowest BCUT2D eigenvalue weighted by atomic mass is 10.0. The Balaban J connectivity index is 1.16. The Bertz CT molecular complexity index is 1990. The molecule has 6 rings (SSSR count). The number of carbonyl (C=O) groups is 2. The quantitative estimate of drug-likeness (QED) is 0.257. The number of nitrogens with zero attached hydrogens (tertiary/aromatic N) is 4. The van der Waals surface area contributed by atoms with Gasteiger partial charge in [0.1, 0.15) is 17.4 Å². The first-order chi connectivity index (χ1) is 21.5. The predicted molar refractivity (Wildman–Crippen MR) is 163 cm³/mol. The first-order valence-corrected chi connectivity index (χ1v) is 15.7. The Labute approximate surface area is 257 Å². The second-order valence-electron chi connectivity index (χ2n) is 10.9. The van der Waals surface area contributed by atoms with Crippen LogP contribution in [0, 0.1) is 18.6 Å². The van der Waals surface area contributed by atoms with Crippen LogP contribution in [0.3, 0.4) is 0 Å². The van der Waals surface area contributed by atoms with Gasteiger partial charge in [-0.2, -0.15) is 5.10 Å². The van der Waals surface area contributed by atoms with Gasteiger partial charge >= 0.3 is 0 Å². The highest BCUT2D eigenvalue weighted by Crippen LogP contribution is 2.33. The second kappa shape index (κ2) is 11.8. The number of ketones is 1. The number of ether oxygens (including phenoxy) is 1. The predicted octanol–water partition coefficient (Wildman–Crippen LogP) is 4.41. The largest absolute Gasteiger partial charge is 0.436 e. The maximum absolute atomic E-state index is 14.9. The number of anilines is 2. The van der Waals surface area contributed by atoms with Crippen molar-refractivity contribution in [2.45, 2.75) is 26.2 Å². The van der Waals surface area contributed by atoms with Gasteiger partial charge in [-0.3, -0.25) is 14.3 Å². The number of benzene rings is 2. The first kappa shape index (κ1) is 29.9. The van der Waals surface area contributed by atoms with E-state index in [2.05, 4.69) is 14.8 Å². The number of nitrogens with one attached hydrogen (secondary N) is 1. The third-order valence-corrected chi connectivity index (χ3v) is 8.82. The highest BCUT2D eigenvalue weighted by molar-refractivity contribution is 7.93. The topological polar surface area (TPSA) is 150 Å². The average Bonchev–Trinajstić information content (AvgIpc) is 3.75. The number of nitrogen functional groups attached to an aromatic ring is 1. The minimum Gasteiger partial charge on any atom is -0.436 e. The van der Waals surface area contributed by atoms with Crippen molar-refractivity contribution in [2.75, 3.05) is 29.3 Å². The van der Waals surface area contributed by atoms with E-state index in [4.69, 9.17) is 10.5 Å². The van der Waals surface area contributed by atoms with Crippen molar-refractivity contribution in [3.8, 4) is 17.3 Å². The number of aryl methyl sites for hydroxylation is 1. The molecule has 0 saturated carbocycles. The number of likely N-dealkylation sites (tertiary alicyclic amines) is 1. The van der Waals surface area contributed by atoms with Crippen molar-refractivity contribution in [3.63, 3.8) is 0 Å². The van der Waals surface area contributed by atoms with E-state index in [-0.39, 0.29) is 35.1 Å². The van der Waals surface area contributed by atoms with Gasteiger partial charge in [0.25, 0.3) is 0 Å². The zero-order valence-electron chi connectivity index (χ0n) is 24.1. The smallest absolute Gasteiger partial charge is 0.241 e. The normalized spacial score (nSPS) is 14.3. The van der Waals surface area contributed by atoms with E-state index in [0.29, 0.717) is 41.0 Å². The van der Waals surface area contributed by atoms with Crippen LogP contribution in [0.2, 0.25) is 0 Å². The number of aromatic nitrogens is 3. The number of allylic oxidation sites excluding steroid dienone is 1. The van der Waals surface area contributed by atoms with Gasteiger partial charge in [-0.05, 0) is 66.8 Å². The summed E-state index contributed by atoms with van der Waals surface area (Å²) in [5, 5.41) is 4.27. The van der Waals surface area contributed by atoms with Gasteiger partial charge in [-0.1, -0.05) is 12.1 Å². The molecule has 2 aromatic heterocycles. The van der Waals surface area contributed by atoms with Crippen molar-refractivity contribution < 1.29 is 31.5 Å². The van der Waals surface area contributed by atoms with Gasteiger partial charge in [-0.25, -0.2) is 26.9 Å². The molecule has 232 valence electrons. The minimum absolute atomic E-state index is 0.0199. The molecule has 14 heteroatoms. The number of carbonyl (C=O) groups excluding carboxylic acids is 2. The van der Waals surface area contributed by atoms with E-state index in [1.165, 1.54) is 46.3 Å². The molecule has 0 unspecified atom stereocenters. The maximum atomic E-state index is 14.9. The Morgan fingerprint density at radius 3 is 2.56 bits per heavy atom. The molecule has 0 radical (unpaired) electrons. The minimum atomic E-state index is -4.16. The van der Waals surface area contributed by atoms with E-state index < -0.39 is 39.1 Å². The number of fused-ring (bicyclic) bond motifs is 1. The summed E-state index contributed by atoms with van der Waals surface area (Å²) in [6, 6.07) is 9.99. The number of nitrogens with two attached hydrogens (primary N) is 1. The van der Waals surface area contributed by atoms with Crippen molar-refractivity contribution >= 4 is 39.3 Å². The number of rotatable bonds is 9. The van der Waals surface area contributed by atoms with Crippen molar-refractivity contribution in [3.05, 3.63) is 94.3 Å². The molecule has 4 aromatic rings. The third kappa shape index (κ3) is 6.13. The monoisotopic (exact) mass is 634 g/mol. The molecule has 2 aromatic carbocycles. The maximum Gasteiger partial charge on any atom is 0.241 e. The molecule has 3 heterocycles. The summed E-state index contributed by atoms with van der Waals surface area (Å²) >= 11 is 0. The van der Waals surface area contributed by atoms with Gasteiger partial charge in [-0.15, -0.1) is 0 Å². The van der Waals surface area contributed by atoms with Crippen LogP contribution in [0.5, 0.6) is 11.6 Å². The fourth-order valence-electron chi connectivity index (χ4n) is 5.35. The molecule has 1 saturated heterocycles. The fourth-order valence-corrected chi connectivity index (χ4v) is 6.42. The zero-order chi connectivity index (χ0) is 31.9. The van der Waals surface area contributed by atoms with Crippen LogP contribution in [0.25, 0.3) is 11.8 Å². The number of amides is 1. The van der Waals surface area contributed by atoms with Crippen molar-refractivity contribution in [1.82, 2.24) is 19.7 Å². The van der Waals surface area contributed by atoms with Crippen molar-refractivity contribution in [2.24, 2.45) is 0 Å². The molecule has 1 amide bonds. The highest BCUT2D eigenvalue weighted by atomic mass is 32.2. The molecule has 2 aliphatic rings. The van der Waals surface area contributed by atoms with Crippen molar-refractivity contribution in [1.29, 1.82) is 0 Å². The molecule has 1 aliphatic carbocycles. The van der Waals surface area contributed by atoms with E-state index in [0.717, 1.165) is 18.9 Å². The SMILES string of the molecule is Cc1cc(Oc2ccccc2F)ncc1-n1ncc(C(=O)C2=Cc3cc(F)c(NS(=O)(=O)CC(=O)N4CCCC4)cc3C2)c1N. The molecule has 0 atom stereocenters. The second-order valence-corrected chi connectivity index (χ2v) is 12.6. The van der Waals surface area contributed by atoms with Gasteiger partial charge in [0.05, 0.1) is 29.3 Å². The van der Waals surface area contributed by atoms with Gasteiger partial charge in [0.2, 0.25) is 21.8 Å². The zero-order valence-corrected chi connectivity index (χ0v) is 24.9. The Hall–Kier alpha value is -5.11. The van der Waals surface area contributed by atoms with Crippen LogP contribution in [0.15, 0.2) is 60.4 Å². The summed E-state index contributed by atoms with van der Waals surface area (Å²) < 4.78 is 63.2. The van der Waals surface area contributed by atoms with Gasteiger partial charge < -0.3 is 15.4 Å². The lowest BCUT2D eigenvalue weighted by Crippen LogP contribution is -2.35. The summed E-state index contributed by atoms with van der Waals surface area (Å²) in [7, 11) is -4.16. The number of halogens is 2. The summed E-state index contributed by atoms with van der Waals surface area (Å²) in [6.07, 6.45) is 6.02. The highest BCUT2D eigenvalue weighted by Gasteiger charge is 2.28.